The van der Waals surface area contributed by atoms with Crippen LogP contribution >= 0.6 is 0 Å². The lowest BCUT2D eigenvalue weighted by Crippen LogP contribution is -2.49. The Balaban J connectivity index is 0.000000686. The predicted molar refractivity (Wildman–Crippen MR) is 67.6 cm³/mol. The van der Waals surface area contributed by atoms with Crippen LogP contribution in [0.15, 0.2) is 24.3 Å². The molecule has 1 fully saturated rings. The van der Waals surface area contributed by atoms with E-state index in [1.807, 2.05) is 25.8 Å². The summed E-state index contributed by atoms with van der Waals surface area (Å²) in [4.78, 5) is 15.1. The molecular weight excluding hydrogens is 219 g/mol. The first-order valence-corrected chi connectivity index (χ1v) is 5.92. The van der Waals surface area contributed by atoms with Crippen molar-refractivity contribution < 1.29 is 9.18 Å². The van der Waals surface area contributed by atoms with E-state index in [2.05, 4.69) is 0 Å². The summed E-state index contributed by atoms with van der Waals surface area (Å²) < 4.78 is 13.4. The Morgan fingerprint density at radius 1 is 1.18 bits per heavy atom. The number of amides is 1. The van der Waals surface area contributed by atoms with Gasteiger partial charge < -0.3 is 4.90 Å². The van der Waals surface area contributed by atoms with Crippen LogP contribution in [0, 0.1) is 5.82 Å². The van der Waals surface area contributed by atoms with Gasteiger partial charge in [0.1, 0.15) is 5.82 Å². The van der Waals surface area contributed by atoms with Gasteiger partial charge in [-0.25, -0.2) is 4.39 Å². The second-order valence-corrected chi connectivity index (χ2v) is 3.73. The zero-order valence-corrected chi connectivity index (χ0v) is 10.6. The number of nitrogens with zero attached hydrogens (tertiary/aromatic N) is 2. The summed E-state index contributed by atoms with van der Waals surface area (Å²) >= 11 is 0. The third-order valence-electron chi connectivity index (χ3n) is 2.55. The highest BCUT2D eigenvalue weighted by Gasteiger charge is 2.24. The highest BCUT2D eigenvalue weighted by molar-refractivity contribution is 5.95. The maximum atomic E-state index is 13.4. The van der Waals surface area contributed by atoms with Crippen molar-refractivity contribution in [2.45, 2.75) is 13.8 Å². The standard InChI is InChI=1S/C11H13FN2O.C2H6/c1-13-6-7-14(11(15)8-13)10-5-3-2-4-9(10)12;1-2/h2-5H,6-8H2,1H3;1-2H3. The lowest BCUT2D eigenvalue weighted by Gasteiger charge is -2.32. The van der Waals surface area contributed by atoms with Gasteiger partial charge in [0.2, 0.25) is 5.91 Å². The van der Waals surface area contributed by atoms with E-state index in [-0.39, 0.29) is 11.7 Å². The van der Waals surface area contributed by atoms with Gasteiger partial charge in [0, 0.05) is 13.1 Å². The lowest BCUT2D eigenvalue weighted by molar-refractivity contribution is -0.120. The van der Waals surface area contributed by atoms with Crippen LogP contribution in [0.1, 0.15) is 13.8 Å². The summed E-state index contributed by atoms with van der Waals surface area (Å²) in [6.07, 6.45) is 0. The van der Waals surface area contributed by atoms with Crippen molar-refractivity contribution >= 4 is 11.6 Å². The fourth-order valence-electron chi connectivity index (χ4n) is 1.72. The fraction of sp³-hybridized carbons (Fsp3) is 0.462. The van der Waals surface area contributed by atoms with Crippen LogP contribution in [0.5, 0.6) is 0 Å². The van der Waals surface area contributed by atoms with Crippen LogP contribution in [0.25, 0.3) is 0 Å². The minimum absolute atomic E-state index is 0.0474. The molecule has 4 heteroatoms. The van der Waals surface area contributed by atoms with Gasteiger partial charge in [0.25, 0.3) is 0 Å². The molecule has 0 unspecified atom stereocenters. The molecule has 0 aromatic heterocycles. The monoisotopic (exact) mass is 238 g/mol. The van der Waals surface area contributed by atoms with E-state index in [9.17, 15) is 9.18 Å². The molecule has 0 radical (unpaired) electrons. The summed E-state index contributed by atoms with van der Waals surface area (Å²) in [7, 11) is 1.89. The van der Waals surface area contributed by atoms with Crippen LogP contribution < -0.4 is 4.90 Å². The number of rotatable bonds is 1. The number of benzene rings is 1. The summed E-state index contributed by atoms with van der Waals surface area (Å²) in [6, 6.07) is 6.38. The fourth-order valence-corrected chi connectivity index (χ4v) is 1.72. The first-order valence-electron chi connectivity index (χ1n) is 5.92. The van der Waals surface area contributed by atoms with Crippen LogP contribution in [0.4, 0.5) is 10.1 Å². The third kappa shape index (κ3) is 3.27. The number of hydrogen-bond acceptors (Lipinski definition) is 2. The molecule has 0 spiro atoms. The molecule has 0 aliphatic carbocycles. The normalized spacial score (nSPS) is 16.5. The Hall–Kier alpha value is -1.42. The molecule has 1 aromatic rings. The van der Waals surface area contributed by atoms with E-state index in [0.29, 0.717) is 18.8 Å². The maximum Gasteiger partial charge on any atom is 0.241 e. The van der Waals surface area contributed by atoms with Gasteiger partial charge in [-0.2, -0.15) is 0 Å². The Kier molecular flexibility index (Phi) is 5.10. The van der Waals surface area contributed by atoms with Gasteiger partial charge in [-0.3, -0.25) is 9.69 Å². The zero-order chi connectivity index (χ0) is 12.8. The number of anilines is 1. The number of halogens is 1. The molecule has 0 N–H and O–H groups in total. The number of hydrogen-bond donors (Lipinski definition) is 0. The van der Waals surface area contributed by atoms with Crippen LogP contribution in [0.2, 0.25) is 0 Å². The Morgan fingerprint density at radius 2 is 1.82 bits per heavy atom. The van der Waals surface area contributed by atoms with Gasteiger partial charge >= 0.3 is 0 Å². The van der Waals surface area contributed by atoms with Crippen molar-refractivity contribution in [2.24, 2.45) is 0 Å². The van der Waals surface area contributed by atoms with Gasteiger partial charge in [-0.15, -0.1) is 0 Å². The van der Waals surface area contributed by atoms with Crippen molar-refractivity contribution in [2.75, 3.05) is 31.6 Å². The topological polar surface area (TPSA) is 23.6 Å². The molecule has 1 aromatic carbocycles. The van der Waals surface area contributed by atoms with E-state index in [0.717, 1.165) is 6.54 Å². The predicted octanol–water partition coefficient (Wildman–Crippen LogP) is 2.13. The number of piperazine rings is 1. The van der Waals surface area contributed by atoms with Crippen LogP contribution in [0.3, 0.4) is 0 Å². The van der Waals surface area contributed by atoms with E-state index in [1.54, 1.807) is 18.2 Å². The van der Waals surface area contributed by atoms with Gasteiger partial charge in [0.05, 0.1) is 12.2 Å². The Labute approximate surface area is 102 Å². The molecule has 1 saturated heterocycles. The van der Waals surface area contributed by atoms with E-state index >= 15 is 0 Å². The molecule has 1 aliphatic heterocycles. The third-order valence-corrected chi connectivity index (χ3v) is 2.55. The number of carbonyl (C=O) groups excluding carboxylic acids is 1. The SMILES string of the molecule is CC.CN1CCN(c2ccccc2F)C(=O)C1. The Bertz CT molecular complexity index is 381. The molecule has 1 heterocycles. The van der Waals surface area contributed by atoms with Crippen LogP contribution in [-0.2, 0) is 4.79 Å². The average Bonchev–Trinajstić information content (AvgIpc) is 2.33. The van der Waals surface area contributed by atoms with Crippen LogP contribution in [-0.4, -0.2) is 37.5 Å². The van der Waals surface area contributed by atoms with E-state index in [1.165, 1.54) is 11.0 Å². The molecule has 3 nitrogen and oxygen atoms in total. The highest BCUT2D eigenvalue weighted by Crippen LogP contribution is 2.20. The van der Waals surface area contributed by atoms with Crippen molar-refractivity contribution in [1.29, 1.82) is 0 Å². The summed E-state index contributed by atoms with van der Waals surface area (Å²) in [6.45, 7) is 5.69. The lowest BCUT2D eigenvalue weighted by atomic mass is 10.2. The molecule has 2 rings (SSSR count). The number of likely N-dealkylation sites (N-methyl/N-ethyl adjacent to an activating group) is 1. The first kappa shape index (κ1) is 13.6. The smallest absolute Gasteiger partial charge is 0.241 e. The molecule has 1 aliphatic rings. The molecule has 0 bridgehead atoms. The summed E-state index contributed by atoms with van der Waals surface area (Å²) in [5, 5.41) is 0. The van der Waals surface area contributed by atoms with Crippen molar-refractivity contribution in [1.82, 2.24) is 4.90 Å². The second-order valence-electron chi connectivity index (χ2n) is 3.73. The average molecular weight is 238 g/mol. The summed E-state index contributed by atoms with van der Waals surface area (Å²) in [5.41, 5.74) is 0.385. The van der Waals surface area contributed by atoms with Gasteiger partial charge in [-0.05, 0) is 19.2 Å². The maximum absolute atomic E-state index is 13.4. The minimum atomic E-state index is -0.338. The van der Waals surface area contributed by atoms with Gasteiger partial charge in [-0.1, -0.05) is 26.0 Å². The van der Waals surface area contributed by atoms with Gasteiger partial charge in [0.15, 0.2) is 0 Å². The van der Waals surface area contributed by atoms with E-state index in [4.69, 9.17) is 0 Å². The van der Waals surface area contributed by atoms with Crippen molar-refractivity contribution in [3.8, 4) is 0 Å². The van der Waals surface area contributed by atoms with E-state index < -0.39 is 0 Å². The molecule has 0 saturated carbocycles. The molecule has 94 valence electrons. The van der Waals surface area contributed by atoms with Crippen molar-refractivity contribution in [3.63, 3.8) is 0 Å². The summed E-state index contributed by atoms with van der Waals surface area (Å²) in [5.74, 6) is -0.385. The quantitative estimate of drug-likeness (QED) is 0.748. The Morgan fingerprint density at radius 3 is 2.41 bits per heavy atom. The van der Waals surface area contributed by atoms with Crippen molar-refractivity contribution in [3.05, 3.63) is 30.1 Å². The highest BCUT2D eigenvalue weighted by atomic mass is 19.1. The molecular formula is C13H19FN2O. The number of para-hydroxylation sites is 1. The molecule has 17 heavy (non-hydrogen) atoms. The second kappa shape index (κ2) is 6.35. The molecule has 1 amide bonds. The first-order chi connectivity index (χ1) is 8.18. The zero-order valence-electron chi connectivity index (χ0n) is 10.6. The largest absolute Gasteiger partial charge is 0.307 e. The minimum Gasteiger partial charge on any atom is -0.307 e. The molecule has 0 atom stereocenters. The number of carbonyl (C=O) groups is 1.